The van der Waals surface area contributed by atoms with Crippen LogP contribution < -0.4 is 9.53 Å². The highest BCUT2D eigenvalue weighted by molar-refractivity contribution is 7.86. The fourth-order valence-electron chi connectivity index (χ4n) is 3.81. The summed E-state index contributed by atoms with van der Waals surface area (Å²) in [5.74, 6) is 0.548. The zero-order valence-electron chi connectivity index (χ0n) is 19.8. The number of aromatic nitrogens is 5. The molecule has 5 rings (SSSR count). The third kappa shape index (κ3) is 4.58. The fraction of sp³-hybridized carbons (Fsp3) is 0.130. The van der Waals surface area contributed by atoms with Gasteiger partial charge < -0.3 is 9.84 Å². The van der Waals surface area contributed by atoms with E-state index < -0.39 is 21.6 Å². The van der Waals surface area contributed by atoms with Gasteiger partial charge in [-0.05, 0) is 57.5 Å². The molecule has 0 saturated carbocycles. The van der Waals surface area contributed by atoms with Crippen molar-refractivity contribution in [3.8, 4) is 28.0 Å². The highest BCUT2D eigenvalue weighted by Crippen LogP contribution is 2.29. The monoisotopic (exact) mass is 555 g/mol. The number of nitrogens with zero attached hydrogens (tertiary/aromatic N) is 6. The first-order valence-electron chi connectivity index (χ1n) is 10.9. The van der Waals surface area contributed by atoms with Gasteiger partial charge >= 0.3 is 5.13 Å². The average molecular weight is 556 g/mol. The highest BCUT2D eigenvalue weighted by atomic mass is 32.2. The van der Waals surface area contributed by atoms with Crippen LogP contribution in [0.2, 0.25) is 0 Å². The van der Waals surface area contributed by atoms with Gasteiger partial charge in [-0.15, -0.1) is 0 Å². The zero-order chi connectivity index (χ0) is 27.2. The van der Waals surface area contributed by atoms with E-state index in [1.807, 2.05) is 0 Å². The van der Waals surface area contributed by atoms with Crippen LogP contribution in [0.15, 0.2) is 59.5 Å². The number of nitro benzene ring substituents is 1. The maximum atomic E-state index is 12.2. The van der Waals surface area contributed by atoms with Gasteiger partial charge in [-0.2, -0.15) is 8.42 Å². The van der Waals surface area contributed by atoms with Crippen molar-refractivity contribution in [2.75, 3.05) is 7.11 Å². The second-order valence-corrected chi connectivity index (χ2v) is 10.5. The van der Waals surface area contributed by atoms with Crippen LogP contribution in [-0.2, 0) is 16.7 Å². The van der Waals surface area contributed by atoms with E-state index in [0.29, 0.717) is 22.0 Å². The number of rotatable bonds is 7. The molecule has 3 aromatic carbocycles. The third-order valence-electron chi connectivity index (χ3n) is 5.63. The number of tetrazole rings is 1. The molecule has 13 nitrogen and oxygen atoms in total. The Bertz CT molecular complexity index is 1830. The summed E-state index contributed by atoms with van der Waals surface area (Å²) < 4.78 is 40.2. The van der Waals surface area contributed by atoms with Crippen molar-refractivity contribution in [3.63, 3.8) is 0 Å². The van der Waals surface area contributed by atoms with Gasteiger partial charge in [0.15, 0.2) is 5.52 Å². The van der Waals surface area contributed by atoms with Crippen molar-refractivity contribution in [3.05, 3.63) is 75.8 Å². The second kappa shape index (κ2) is 9.53. The van der Waals surface area contributed by atoms with Gasteiger partial charge in [-0.3, -0.25) is 14.7 Å². The van der Waals surface area contributed by atoms with Crippen molar-refractivity contribution in [1.29, 1.82) is 0 Å². The molecule has 5 aromatic rings. The maximum absolute atomic E-state index is 12.2. The Balaban J connectivity index is 1.79. The minimum absolute atomic E-state index is 0.0286. The van der Waals surface area contributed by atoms with Crippen LogP contribution in [-0.4, -0.2) is 50.1 Å². The maximum Gasteiger partial charge on any atom is 0.365 e. The number of aliphatic hydroxyl groups is 1. The molecular weight excluding hydrogens is 536 g/mol. The molecule has 0 aliphatic rings. The Morgan fingerprint density at radius 3 is 2.63 bits per heavy atom. The lowest BCUT2D eigenvalue weighted by Gasteiger charge is -2.05. The first kappa shape index (κ1) is 25.3. The standard InChI is InChI=1S/C23H18N6O7S2/c1-13-3-6-17(21(9-13)38(33,34)35)22-25-27(19-8-4-15(29(31)32)10-14(19)12-30)28(26-22)23-24-18-7-5-16(36-2)11-20(18)37-23/h3-11,30H,12H2,1-2H3/p+1. The normalized spacial score (nSPS) is 11.7. The molecule has 2 aromatic heterocycles. The third-order valence-corrected chi connectivity index (χ3v) is 7.51. The van der Waals surface area contributed by atoms with Crippen LogP contribution >= 0.6 is 11.3 Å². The van der Waals surface area contributed by atoms with Crippen LogP contribution in [0.5, 0.6) is 5.75 Å². The zero-order valence-corrected chi connectivity index (χ0v) is 21.5. The van der Waals surface area contributed by atoms with Gasteiger partial charge in [0.25, 0.3) is 21.6 Å². The largest absolute Gasteiger partial charge is 0.497 e. The molecule has 0 radical (unpaired) electrons. The minimum Gasteiger partial charge on any atom is -0.497 e. The summed E-state index contributed by atoms with van der Waals surface area (Å²) in [6.07, 6.45) is 0. The summed E-state index contributed by atoms with van der Waals surface area (Å²) >= 11 is 1.24. The summed E-state index contributed by atoms with van der Waals surface area (Å²) in [7, 11) is -3.09. The molecule has 0 fully saturated rings. The molecule has 0 saturated heterocycles. The number of non-ortho nitro benzene ring substituents is 1. The molecule has 2 heterocycles. The van der Waals surface area contributed by atoms with E-state index in [9.17, 15) is 28.2 Å². The van der Waals surface area contributed by atoms with E-state index in [1.165, 1.54) is 51.3 Å². The molecule has 0 bridgehead atoms. The van der Waals surface area contributed by atoms with Crippen LogP contribution in [0.25, 0.3) is 32.4 Å². The minimum atomic E-state index is -4.63. The van der Waals surface area contributed by atoms with Crippen molar-refractivity contribution in [1.82, 2.24) is 20.0 Å². The highest BCUT2D eigenvalue weighted by Gasteiger charge is 2.30. The number of aryl methyl sites for hydroxylation is 1. The topological polar surface area (TPSA) is 174 Å². The average Bonchev–Trinajstić information content (AvgIpc) is 3.51. The summed E-state index contributed by atoms with van der Waals surface area (Å²) in [5, 5.41) is 30.6. The van der Waals surface area contributed by atoms with Crippen LogP contribution in [0.1, 0.15) is 11.1 Å². The SMILES string of the molecule is COc1ccc2nc(-[n+]3nc(-c4ccc(C)cc4S(=O)(=O)O)nn3-c3ccc([N+](=O)[O-])cc3CO)sc2c1. The first-order valence-corrected chi connectivity index (χ1v) is 13.2. The first-order chi connectivity index (χ1) is 18.1. The summed E-state index contributed by atoms with van der Waals surface area (Å²) in [6, 6.07) is 13.6. The van der Waals surface area contributed by atoms with Gasteiger partial charge in [-0.25, -0.2) is 0 Å². The van der Waals surface area contributed by atoms with E-state index in [2.05, 4.69) is 15.2 Å². The summed E-state index contributed by atoms with van der Waals surface area (Å²) in [6.45, 7) is 1.12. The molecule has 2 N–H and O–H groups in total. The number of ether oxygens (including phenoxy) is 1. The van der Waals surface area contributed by atoms with E-state index in [4.69, 9.17) is 4.74 Å². The molecule has 0 aliphatic carbocycles. The van der Waals surface area contributed by atoms with Crippen molar-refractivity contribution in [2.45, 2.75) is 18.4 Å². The second-order valence-electron chi connectivity index (χ2n) is 8.14. The lowest BCUT2D eigenvalue weighted by Crippen LogP contribution is -2.43. The Hall–Kier alpha value is -4.31. The summed E-state index contributed by atoms with van der Waals surface area (Å²) in [4.78, 5) is 17.5. The molecule has 0 atom stereocenters. The Morgan fingerprint density at radius 2 is 1.95 bits per heavy atom. The van der Waals surface area contributed by atoms with E-state index in [0.717, 1.165) is 4.70 Å². The Labute approximate surface area is 219 Å². The van der Waals surface area contributed by atoms with Gasteiger partial charge in [0.1, 0.15) is 16.3 Å². The van der Waals surface area contributed by atoms with Gasteiger partial charge in [0.2, 0.25) is 0 Å². The van der Waals surface area contributed by atoms with E-state index >= 15 is 0 Å². The lowest BCUT2D eigenvalue weighted by atomic mass is 10.1. The van der Waals surface area contributed by atoms with Crippen LogP contribution in [0.4, 0.5) is 5.69 Å². The molecular formula is C23H19N6O7S2+. The van der Waals surface area contributed by atoms with Gasteiger partial charge in [0.05, 0.1) is 28.9 Å². The van der Waals surface area contributed by atoms with E-state index in [-0.39, 0.29) is 33.2 Å². The molecule has 0 unspecified atom stereocenters. The molecule has 15 heteroatoms. The molecule has 0 amide bonds. The van der Waals surface area contributed by atoms with Crippen molar-refractivity contribution in [2.24, 2.45) is 0 Å². The quantitative estimate of drug-likeness (QED) is 0.131. The number of hydrogen-bond acceptors (Lipinski definition) is 10. The predicted octanol–water partition coefficient (Wildman–Crippen LogP) is 2.78. The number of thiazole rings is 1. The predicted molar refractivity (Wildman–Crippen MR) is 135 cm³/mol. The molecule has 0 aliphatic heterocycles. The molecule has 194 valence electrons. The van der Waals surface area contributed by atoms with Crippen LogP contribution in [0, 0.1) is 17.0 Å². The summed E-state index contributed by atoms with van der Waals surface area (Å²) in [5.41, 5.74) is 1.44. The number of nitro groups is 1. The van der Waals surface area contributed by atoms with Gasteiger partial charge in [-0.1, -0.05) is 22.4 Å². The molecule has 0 spiro atoms. The fourth-order valence-corrected chi connectivity index (χ4v) is 5.52. The van der Waals surface area contributed by atoms with Crippen molar-refractivity contribution >= 4 is 37.4 Å². The van der Waals surface area contributed by atoms with Gasteiger partial charge in [0, 0.05) is 28.9 Å². The van der Waals surface area contributed by atoms with Crippen molar-refractivity contribution < 1.29 is 32.5 Å². The van der Waals surface area contributed by atoms with E-state index in [1.54, 1.807) is 38.3 Å². The lowest BCUT2D eigenvalue weighted by molar-refractivity contribution is -0.734. The van der Waals surface area contributed by atoms with Crippen LogP contribution in [0.3, 0.4) is 0 Å². The number of hydrogen-bond donors (Lipinski definition) is 2. The smallest absolute Gasteiger partial charge is 0.365 e. The Kier molecular flexibility index (Phi) is 6.36. The number of methoxy groups -OCH3 is 1. The number of fused-ring (bicyclic) bond motifs is 1. The number of aliphatic hydroxyl groups excluding tert-OH is 1. The number of benzene rings is 3. The molecule has 38 heavy (non-hydrogen) atoms. The Morgan fingerprint density at radius 1 is 1.16 bits per heavy atom.